The summed E-state index contributed by atoms with van der Waals surface area (Å²) >= 11 is 12.3. The fraction of sp³-hybridized carbons (Fsp3) is 0.278. The van der Waals surface area contributed by atoms with Crippen molar-refractivity contribution in [3.8, 4) is 0 Å². The van der Waals surface area contributed by atoms with Gasteiger partial charge in [-0.15, -0.1) is 0 Å². The molecule has 1 unspecified atom stereocenters. The lowest BCUT2D eigenvalue weighted by molar-refractivity contribution is -0.114. The third-order valence-corrected chi connectivity index (χ3v) is 4.20. The Kier molecular flexibility index (Phi) is 5.91. The van der Waals surface area contributed by atoms with E-state index >= 15 is 0 Å². The molecule has 0 spiro atoms. The van der Waals surface area contributed by atoms with E-state index in [1.165, 1.54) is 6.92 Å². The molecule has 2 rings (SSSR count). The lowest BCUT2D eigenvalue weighted by atomic mass is 10.0. The molecule has 0 heterocycles. The average molecular weight is 351 g/mol. The molecule has 0 fully saturated rings. The van der Waals surface area contributed by atoms with E-state index in [-0.39, 0.29) is 11.9 Å². The van der Waals surface area contributed by atoms with Gasteiger partial charge in [0, 0.05) is 28.3 Å². The number of amides is 1. The lowest BCUT2D eigenvalue weighted by Crippen LogP contribution is -2.12. The van der Waals surface area contributed by atoms with Crippen molar-refractivity contribution in [2.24, 2.45) is 0 Å². The summed E-state index contributed by atoms with van der Waals surface area (Å²) in [6, 6.07) is 11.5. The Hall–Kier alpha value is -1.71. The molecule has 0 aliphatic rings. The van der Waals surface area contributed by atoms with Crippen LogP contribution in [0, 0.1) is 6.92 Å². The first-order valence-corrected chi connectivity index (χ1v) is 8.26. The molecule has 122 valence electrons. The van der Waals surface area contributed by atoms with Crippen molar-refractivity contribution >= 4 is 40.5 Å². The second-order valence-electron chi connectivity index (χ2n) is 5.48. The van der Waals surface area contributed by atoms with Crippen LogP contribution in [0.4, 0.5) is 11.4 Å². The number of hydrogen-bond donors (Lipinski definition) is 2. The maximum absolute atomic E-state index is 11.3. The Balaban J connectivity index is 2.26. The van der Waals surface area contributed by atoms with Gasteiger partial charge in [0.05, 0.1) is 6.04 Å². The zero-order valence-electron chi connectivity index (χ0n) is 13.4. The maximum atomic E-state index is 11.3. The average Bonchev–Trinajstić information content (AvgIpc) is 2.48. The highest BCUT2D eigenvalue weighted by atomic mass is 35.5. The SMILES string of the molecule is CCC(Nc1ccc(C)c(NC(C)=O)c1)c1ccc(Cl)cc1Cl. The van der Waals surface area contributed by atoms with Gasteiger partial charge in [0.25, 0.3) is 0 Å². The van der Waals surface area contributed by atoms with Crippen LogP contribution in [-0.4, -0.2) is 5.91 Å². The summed E-state index contributed by atoms with van der Waals surface area (Å²) in [6.45, 7) is 5.55. The predicted octanol–water partition coefficient (Wildman–Crippen LogP) is 5.82. The molecule has 5 heteroatoms. The fourth-order valence-corrected chi connectivity index (χ4v) is 2.96. The van der Waals surface area contributed by atoms with Crippen molar-refractivity contribution < 1.29 is 4.79 Å². The van der Waals surface area contributed by atoms with Crippen molar-refractivity contribution in [1.29, 1.82) is 0 Å². The summed E-state index contributed by atoms with van der Waals surface area (Å²) in [6.07, 6.45) is 0.866. The highest BCUT2D eigenvalue weighted by molar-refractivity contribution is 6.35. The smallest absolute Gasteiger partial charge is 0.221 e. The van der Waals surface area contributed by atoms with Crippen LogP contribution in [0.25, 0.3) is 0 Å². The summed E-state index contributed by atoms with van der Waals surface area (Å²) in [4.78, 5) is 11.3. The minimum absolute atomic E-state index is 0.0626. The topological polar surface area (TPSA) is 41.1 Å². The normalized spacial score (nSPS) is 11.9. The fourth-order valence-electron chi connectivity index (χ4n) is 2.42. The Morgan fingerprint density at radius 1 is 1.17 bits per heavy atom. The second kappa shape index (κ2) is 7.71. The van der Waals surface area contributed by atoms with Gasteiger partial charge in [0.2, 0.25) is 5.91 Å². The summed E-state index contributed by atoms with van der Waals surface area (Å²) in [5.74, 6) is -0.0852. The minimum atomic E-state index is -0.0852. The van der Waals surface area contributed by atoms with Gasteiger partial charge in [-0.3, -0.25) is 4.79 Å². The molecule has 1 amide bonds. The van der Waals surface area contributed by atoms with Gasteiger partial charge >= 0.3 is 0 Å². The molecule has 0 aliphatic heterocycles. The van der Waals surface area contributed by atoms with Crippen LogP contribution in [0.15, 0.2) is 36.4 Å². The Labute approximate surface area is 147 Å². The molecule has 0 bridgehead atoms. The van der Waals surface area contributed by atoms with Crippen LogP contribution in [0.5, 0.6) is 0 Å². The van der Waals surface area contributed by atoms with Gasteiger partial charge in [0.1, 0.15) is 0 Å². The lowest BCUT2D eigenvalue weighted by Gasteiger charge is -2.21. The molecule has 2 aromatic rings. The standard InChI is InChI=1S/C18H20Cl2N2O/c1-4-17(15-8-6-13(19)9-16(15)20)22-14-7-5-11(2)18(10-14)21-12(3)23/h5-10,17,22H,4H2,1-3H3,(H,21,23). The van der Waals surface area contributed by atoms with Crippen molar-refractivity contribution in [2.75, 3.05) is 10.6 Å². The zero-order valence-corrected chi connectivity index (χ0v) is 14.9. The largest absolute Gasteiger partial charge is 0.378 e. The van der Waals surface area contributed by atoms with Gasteiger partial charge < -0.3 is 10.6 Å². The monoisotopic (exact) mass is 350 g/mol. The quantitative estimate of drug-likeness (QED) is 0.712. The zero-order chi connectivity index (χ0) is 17.0. The van der Waals surface area contributed by atoms with Crippen molar-refractivity contribution in [3.05, 3.63) is 57.6 Å². The first-order valence-electron chi connectivity index (χ1n) is 7.50. The van der Waals surface area contributed by atoms with Gasteiger partial charge in [-0.2, -0.15) is 0 Å². The number of benzene rings is 2. The molecule has 1 atom stereocenters. The van der Waals surface area contributed by atoms with E-state index < -0.39 is 0 Å². The van der Waals surface area contributed by atoms with Crippen LogP contribution in [-0.2, 0) is 4.79 Å². The van der Waals surface area contributed by atoms with E-state index in [1.54, 1.807) is 6.07 Å². The highest BCUT2D eigenvalue weighted by Gasteiger charge is 2.14. The number of aryl methyl sites for hydroxylation is 1. The summed E-state index contributed by atoms with van der Waals surface area (Å²) in [7, 11) is 0. The first-order chi connectivity index (χ1) is 10.9. The van der Waals surface area contributed by atoms with Crippen LogP contribution >= 0.6 is 23.2 Å². The second-order valence-corrected chi connectivity index (χ2v) is 6.33. The van der Waals surface area contributed by atoms with E-state index in [4.69, 9.17) is 23.2 Å². The Morgan fingerprint density at radius 3 is 2.52 bits per heavy atom. The number of anilines is 2. The third-order valence-electron chi connectivity index (χ3n) is 3.64. The molecule has 3 nitrogen and oxygen atoms in total. The Bertz CT molecular complexity index is 716. The maximum Gasteiger partial charge on any atom is 0.221 e. The van der Waals surface area contributed by atoms with Crippen molar-refractivity contribution in [1.82, 2.24) is 0 Å². The van der Waals surface area contributed by atoms with Crippen LogP contribution in [0.2, 0.25) is 10.0 Å². The number of rotatable bonds is 5. The minimum Gasteiger partial charge on any atom is -0.378 e. The molecule has 0 aliphatic carbocycles. The summed E-state index contributed by atoms with van der Waals surface area (Å²) < 4.78 is 0. The number of hydrogen-bond acceptors (Lipinski definition) is 2. The molecule has 2 aromatic carbocycles. The van der Waals surface area contributed by atoms with Crippen molar-refractivity contribution in [2.45, 2.75) is 33.2 Å². The van der Waals surface area contributed by atoms with Crippen LogP contribution < -0.4 is 10.6 Å². The van der Waals surface area contributed by atoms with Gasteiger partial charge in [-0.25, -0.2) is 0 Å². The van der Waals surface area contributed by atoms with E-state index in [1.807, 2.05) is 37.3 Å². The van der Waals surface area contributed by atoms with Crippen molar-refractivity contribution in [3.63, 3.8) is 0 Å². The van der Waals surface area contributed by atoms with Gasteiger partial charge in [0.15, 0.2) is 0 Å². The number of nitrogens with one attached hydrogen (secondary N) is 2. The summed E-state index contributed by atoms with van der Waals surface area (Å²) in [5, 5.41) is 7.57. The van der Waals surface area contributed by atoms with Crippen LogP contribution in [0.1, 0.15) is 37.4 Å². The van der Waals surface area contributed by atoms with Gasteiger partial charge in [-0.1, -0.05) is 42.3 Å². The molecule has 0 saturated heterocycles. The van der Waals surface area contributed by atoms with E-state index in [0.717, 1.165) is 28.9 Å². The van der Waals surface area contributed by atoms with E-state index in [0.29, 0.717) is 10.0 Å². The van der Waals surface area contributed by atoms with Crippen LogP contribution in [0.3, 0.4) is 0 Å². The number of carbonyl (C=O) groups excluding carboxylic acids is 1. The van der Waals surface area contributed by atoms with E-state index in [9.17, 15) is 4.79 Å². The molecule has 0 saturated carbocycles. The van der Waals surface area contributed by atoms with E-state index in [2.05, 4.69) is 17.6 Å². The highest BCUT2D eigenvalue weighted by Crippen LogP contribution is 2.31. The predicted molar refractivity (Wildman–Crippen MR) is 98.6 cm³/mol. The van der Waals surface area contributed by atoms with Gasteiger partial charge in [-0.05, 0) is 48.7 Å². The molecule has 0 aromatic heterocycles. The molecular weight excluding hydrogens is 331 g/mol. The summed E-state index contributed by atoms with van der Waals surface area (Å²) in [5.41, 5.74) is 3.75. The molecule has 0 radical (unpaired) electrons. The number of halogens is 2. The first kappa shape index (κ1) is 17.6. The molecule has 2 N–H and O–H groups in total. The molecule has 23 heavy (non-hydrogen) atoms. The third kappa shape index (κ3) is 4.63. The Morgan fingerprint density at radius 2 is 1.91 bits per heavy atom. The molecular formula is C18H20Cl2N2O. The number of carbonyl (C=O) groups is 1.